The molecule has 0 fully saturated rings. The van der Waals surface area contributed by atoms with E-state index in [9.17, 15) is 22.8 Å². The first-order valence-electron chi connectivity index (χ1n) is 11.5. The third-order valence-electron chi connectivity index (χ3n) is 5.54. The van der Waals surface area contributed by atoms with Crippen molar-refractivity contribution < 1.29 is 27.5 Å². The van der Waals surface area contributed by atoms with E-state index in [1.807, 2.05) is 0 Å². The zero-order valence-electron chi connectivity index (χ0n) is 20.7. The summed E-state index contributed by atoms with van der Waals surface area (Å²) in [5.41, 5.74) is 0.962. The van der Waals surface area contributed by atoms with Crippen LogP contribution < -0.4 is 16.0 Å². The van der Waals surface area contributed by atoms with Gasteiger partial charge >= 0.3 is 6.18 Å². The quantitative estimate of drug-likeness (QED) is 0.281. The summed E-state index contributed by atoms with van der Waals surface area (Å²) < 4.78 is 43.5. The number of alkyl halides is 3. The number of halogens is 4. The van der Waals surface area contributed by atoms with Crippen molar-refractivity contribution in [2.75, 3.05) is 31.4 Å². The highest BCUT2D eigenvalue weighted by molar-refractivity contribution is 6.34. The van der Waals surface area contributed by atoms with Gasteiger partial charge in [-0.2, -0.15) is 13.2 Å². The molecule has 0 radical (unpaired) electrons. The number of carbonyl (C=O) groups is 2. The second kappa shape index (κ2) is 11.6. The van der Waals surface area contributed by atoms with Gasteiger partial charge in [0.15, 0.2) is 5.82 Å². The predicted molar refractivity (Wildman–Crippen MR) is 140 cm³/mol. The third-order valence-corrected chi connectivity index (χ3v) is 5.87. The lowest BCUT2D eigenvalue weighted by Gasteiger charge is -2.12. The van der Waals surface area contributed by atoms with Crippen LogP contribution in [0.2, 0.25) is 5.02 Å². The number of methoxy groups -OCH3 is 1. The highest BCUT2D eigenvalue weighted by Crippen LogP contribution is 2.30. The fourth-order valence-electron chi connectivity index (χ4n) is 3.66. The SMILES string of the molecule is CNc1nc(-c2ccc(C(F)(F)F)nc2)nc2cc(NC(=O)c3cc(CNC(=O)COC)ccc3Cl)ccc12. The molecule has 2 aromatic carbocycles. The van der Waals surface area contributed by atoms with Crippen LogP contribution in [-0.4, -0.2) is 47.5 Å². The van der Waals surface area contributed by atoms with E-state index >= 15 is 0 Å². The van der Waals surface area contributed by atoms with E-state index in [1.165, 1.54) is 13.2 Å². The number of hydrogen-bond acceptors (Lipinski definition) is 7. The van der Waals surface area contributed by atoms with Crippen LogP contribution in [0.1, 0.15) is 21.6 Å². The number of ether oxygens (including phenoxy) is 1. The second-order valence-corrected chi connectivity index (χ2v) is 8.69. The smallest absolute Gasteiger partial charge is 0.375 e. The van der Waals surface area contributed by atoms with Crippen LogP contribution in [0, 0.1) is 0 Å². The molecule has 13 heteroatoms. The number of carbonyl (C=O) groups excluding carboxylic acids is 2. The Morgan fingerprint density at radius 1 is 1.05 bits per heavy atom. The Kier molecular flexibility index (Phi) is 8.27. The molecule has 4 rings (SSSR count). The Morgan fingerprint density at radius 3 is 2.51 bits per heavy atom. The monoisotopic (exact) mass is 558 g/mol. The van der Waals surface area contributed by atoms with Gasteiger partial charge in [-0.05, 0) is 48.0 Å². The molecule has 0 saturated heterocycles. The Labute approximate surface area is 225 Å². The van der Waals surface area contributed by atoms with Crippen LogP contribution >= 0.6 is 11.6 Å². The molecule has 2 heterocycles. The first-order valence-corrected chi connectivity index (χ1v) is 11.9. The summed E-state index contributed by atoms with van der Waals surface area (Å²) in [6.45, 7) is 0.0970. The maximum Gasteiger partial charge on any atom is 0.433 e. The minimum atomic E-state index is -4.56. The lowest BCUT2D eigenvalue weighted by Crippen LogP contribution is -2.26. The van der Waals surface area contributed by atoms with Gasteiger partial charge in [0, 0.05) is 43.5 Å². The van der Waals surface area contributed by atoms with E-state index in [4.69, 9.17) is 16.3 Å². The number of hydrogen-bond donors (Lipinski definition) is 3. The minimum absolute atomic E-state index is 0.0845. The molecule has 9 nitrogen and oxygen atoms in total. The highest BCUT2D eigenvalue weighted by atomic mass is 35.5. The fraction of sp³-hybridized carbons (Fsp3) is 0.192. The Morgan fingerprint density at radius 2 is 1.85 bits per heavy atom. The zero-order chi connectivity index (χ0) is 28.2. The Bertz CT molecular complexity index is 1530. The summed E-state index contributed by atoms with van der Waals surface area (Å²) in [6.07, 6.45) is -3.51. The lowest BCUT2D eigenvalue weighted by molar-refractivity contribution is -0.141. The number of rotatable bonds is 8. The molecule has 3 N–H and O–H groups in total. The van der Waals surface area contributed by atoms with Crippen molar-refractivity contribution in [2.45, 2.75) is 12.7 Å². The van der Waals surface area contributed by atoms with Gasteiger partial charge in [-0.15, -0.1) is 0 Å². The van der Waals surface area contributed by atoms with Gasteiger partial charge in [0.2, 0.25) is 5.91 Å². The van der Waals surface area contributed by atoms with E-state index < -0.39 is 17.8 Å². The van der Waals surface area contributed by atoms with Gasteiger partial charge < -0.3 is 20.7 Å². The van der Waals surface area contributed by atoms with Crippen LogP contribution in [0.15, 0.2) is 54.7 Å². The molecule has 0 aliphatic heterocycles. The lowest BCUT2D eigenvalue weighted by atomic mass is 10.1. The van der Waals surface area contributed by atoms with Gasteiger partial charge in [0.1, 0.15) is 18.1 Å². The van der Waals surface area contributed by atoms with Gasteiger partial charge in [0.05, 0.1) is 16.1 Å². The number of benzene rings is 2. The Balaban J connectivity index is 1.60. The van der Waals surface area contributed by atoms with Crippen molar-refractivity contribution in [3.05, 3.63) is 76.6 Å². The van der Waals surface area contributed by atoms with E-state index in [1.54, 1.807) is 43.4 Å². The van der Waals surface area contributed by atoms with E-state index in [-0.39, 0.29) is 41.0 Å². The van der Waals surface area contributed by atoms with Gasteiger partial charge in [-0.25, -0.2) is 9.97 Å². The number of amides is 2. The van der Waals surface area contributed by atoms with Crippen LogP contribution in [0.3, 0.4) is 0 Å². The molecule has 2 amide bonds. The minimum Gasteiger partial charge on any atom is -0.375 e. The molecule has 4 aromatic rings. The summed E-state index contributed by atoms with van der Waals surface area (Å²) >= 11 is 6.26. The molecule has 0 saturated carbocycles. The predicted octanol–water partition coefficient (Wildman–Crippen LogP) is 4.92. The molecule has 39 heavy (non-hydrogen) atoms. The molecule has 0 aliphatic carbocycles. The first-order chi connectivity index (χ1) is 18.6. The van der Waals surface area contributed by atoms with Crippen molar-refractivity contribution in [1.29, 1.82) is 0 Å². The maximum absolute atomic E-state index is 13.0. The van der Waals surface area contributed by atoms with E-state index in [2.05, 4.69) is 30.9 Å². The van der Waals surface area contributed by atoms with Crippen molar-refractivity contribution in [2.24, 2.45) is 0 Å². The van der Waals surface area contributed by atoms with Crippen molar-refractivity contribution in [3.8, 4) is 11.4 Å². The Hall–Kier alpha value is -4.29. The van der Waals surface area contributed by atoms with Crippen LogP contribution in [-0.2, 0) is 22.3 Å². The molecule has 2 aromatic heterocycles. The average molecular weight is 559 g/mol. The molecular weight excluding hydrogens is 537 g/mol. The summed E-state index contributed by atoms with van der Waals surface area (Å²) in [5.74, 6) is -0.190. The average Bonchev–Trinajstić information content (AvgIpc) is 2.91. The summed E-state index contributed by atoms with van der Waals surface area (Å²) in [7, 11) is 3.06. The molecule has 0 spiro atoms. The largest absolute Gasteiger partial charge is 0.433 e. The van der Waals surface area contributed by atoms with Crippen molar-refractivity contribution >= 4 is 45.8 Å². The summed E-state index contributed by atoms with van der Waals surface area (Å²) in [6, 6.07) is 11.9. The van der Waals surface area contributed by atoms with Gasteiger partial charge in [-0.3, -0.25) is 14.6 Å². The van der Waals surface area contributed by atoms with E-state index in [0.717, 1.165) is 12.3 Å². The molecule has 0 unspecified atom stereocenters. The van der Waals surface area contributed by atoms with Crippen molar-refractivity contribution in [3.63, 3.8) is 0 Å². The number of nitrogens with one attached hydrogen (secondary N) is 3. The summed E-state index contributed by atoms with van der Waals surface area (Å²) in [4.78, 5) is 37.0. The topological polar surface area (TPSA) is 118 Å². The first kappa shape index (κ1) is 27.7. The molecular formula is C26H22ClF3N6O3. The maximum atomic E-state index is 13.0. The van der Waals surface area contributed by atoms with Gasteiger partial charge in [-0.1, -0.05) is 17.7 Å². The van der Waals surface area contributed by atoms with Crippen molar-refractivity contribution in [1.82, 2.24) is 20.3 Å². The van der Waals surface area contributed by atoms with Crippen LogP contribution in [0.4, 0.5) is 24.7 Å². The number of anilines is 2. The van der Waals surface area contributed by atoms with Crippen LogP contribution in [0.25, 0.3) is 22.3 Å². The molecule has 0 bridgehead atoms. The number of nitrogens with zero attached hydrogens (tertiary/aromatic N) is 3. The fourth-order valence-corrected chi connectivity index (χ4v) is 3.86. The molecule has 202 valence electrons. The number of aromatic nitrogens is 3. The normalized spacial score (nSPS) is 11.3. The summed E-state index contributed by atoms with van der Waals surface area (Å²) in [5, 5.41) is 9.25. The number of pyridine rings is 1. The molecule has 0 aliphatic rings. The number of fused-ring (bicyclic) bond motifs is 1. The second-order valence-electron chi connectivity index (χ2n) is 8.29. The van der Waals surface area contributed by atoms with Crippen LogP contribution in [0.5, 0.6) is 0 Å². The standard InChI is InChI=1S/C26H22ClF3N6O3/c1-31-24-17-6-5-16(10-20(17)35-23(36-24)15-4-8-21(32-12-15)26(28,29)30)34-25(38)18-9-14(3-7-19(18)27)11-33-22(37)13-39-2/h3-10,12H,11,13H2,1-2H3,(H,33,37)(H,34,38)(H,31,35,36). The molecule has 0 atom stereocenters. The third kappa shape index (κ3) is 6.59. The zero-order valence-corrected chi connectivity index (χ0v) is 21.4. The van der Waals surface area contributed by atoms with Gasteiger partial charge in [0.25, 0.3) is 5.91 Å². The highest BCUT2D eigenvalue weighted by Gasteiger charge is 2.32. The van der Waals surface area contributed by atoms with E-state index in [0.29, 0.717) is 28.0 Å².